The maximum Gasteiger partial charge on any atom is 0.228 e. The summed E-state index contributed by atoms with van der Waals surface area (Å²) in [5.74, 6) is -1.10. The molecule has 0 aliphatic carbocycles. The Morgan fingerprint density at radius 2 is 1.86 bits per heavy atom. The highest BCUT2D eigenvalue weighted by atomic mass is 32.2. The van der Waals surface area contributed by atoms with Gasteiger partial charge in [-0.1, -0.05) is 6.07 Å². The molecule has 216 valence electrons. The molecule has 5 aromatic rings. The second-order valence-corrected chi connectivity index (χ2v) is 12.8. The molecule has 0 aliphatic rings. The van der Waals surface area contributed by atoms with Gasteiger partial charge in [-0.2, -0.15) is 5.10 Å². The SMILES string of the molecule is Cc1cc(CC(=O)Nc2cnn(C(C)(C)C)c2)cc(F)c1Oc1ccnc2ccc(S(=O)(=O)Cc3cnccn3)cc12. The number of carbonyl (C=O) groups excluding carboxylic acids is 1. The van der Waals surface area contributed by atoms with Crippen molar-refractivity contribution in [2.45, 2.75) is 50.3 Å². The lowest BCUT2D eigenvalue weighted by molar-refractivity contribution is -0.115. The molecule has 3 heterocycles. The van der Waals surface area contributed by atoms with Crippen molar-refractivity contribution < 1.29 is 22.3 Å². The summed E-state index contributed by atoms with van der Waals surface area (Å²) < 4.78 is 49.2. The Bertz CT molecular complexity index is 1860. The molecule has 3 aromatic heterocycles. The second kappa shape index (κ2) is 11.3. The van der Waals surface area contributed by atoms with Gasteiger partial charge in [0.1, 0.15) is 5.75 Å². The minimum atomic E-state index is -3.76. The average molecular weight is 589 g/mol. The normalized spacial score (nSPS) is 11.9. The minimum absolute atomic E-state index is 0.0362. The number of nitrogens with zero attached hydrogens (tertiary/aromatic N) is 5. The Kier molecular flexibility index (Phi) is 7.74. The number of ether oxygens (including phenoxy) is 1. The number of hydrogen-bond acceptors (Lipinski definition) is 8. The third kappa shape index (κ3) is 6.44. The fourth-order valence-corrected chi connectivity index (χ4v) is 5.63. The fraction of sp³-hybridized carbons (Fsp3) is 0.233. The molecule has 0 aliphatic heterocycles. The predicted octanol–water partition coefficient (Wildman–Crippen LogP) is 5.37. The molecule has 0 atom stereocenters. The number of halogens is 1. The quantitative estimate of drug-likeness (QED) is 0.256. The van der Waals surface area contributed by atoms with E-state index in [0.717, 1.165) is 0 Å². The highest BCUT2D eigenvalue weighted by Gasteiger charge is 2.20. The van der Waals surface area contributed by atoms with Crippen LogP contribution < -0.4 is 10.1 Å². The summed E-state index contributed by atoms with van der Waals surface area (Å²) in [5, 5.41) is 7.46. The Morgan fingerprint density at radius 1 is 1.05 bits per heavy atom. The first-order valence-electron chi connectivity index (χ1n) is 13.1. The highest BCUT2D eigenvalue weighted by Crippen LogP contribution is 2.34. The van der Waals surface area contributed by atoms with E-state index in [2.05, 4.69) is 25.4 Å². The van der Waals surface area contributed by atoms with E-state index in [0.29, 0.717) is 33.4 Å². The van der Waals surface area contributed by atoms with Gasteiger partial charge in [-0.3, -0.25) is 24.4 Å². The lowest BCUT2D eigenvalue weighted by atomic mass is 10.1. The number of nitrogens with one attached hydrogen (secondary N) is 1. The number of aromatic nitrogens is 5. The number of rotatable bonds is 8. The Balaban J connectivity index is 1.36. The van der Waals surface area contributed by atoms with E-state index in [4.69, 9.17) is 4.74 Å². The number of pyridine rings is 1. The van der Waals surface area contributed by atoms with Crippen LogP contribution in [0.5, 0.6) is 11.5 Å². The van der Waals surface area contributed by atoms with Crippen molar-refractivity contribution in [3.8, 4) is 11.5 Å². The second-order valence-electron chi connectivity index (χ2n) is 10.8. The maximum absolute atomic E-state index is 15.3. The van der Waals surface area contributed by atoms with Gasteiger partial charge in [-0.25, -0.2) is 12.8 Å². The molecule has 0 bridgehead atoms. The molecular formula is C30H29FN6O4S. The molecule has 5 rings (SSSR count). The molecule has 1 amide bonds. The van der Waals surface area contributed by atoms with Gasteiger partial charge in [0.15, 0.2) is 21.4 Å². The van der Waals surface area contributed by atoms with Crippen LogP contribution in [0.15, 0.2) is 78.5 Å². The van der Waals surface area contributed by atoms with Gasteiger partial charge < -0.3 is 10.1 Å². The molecule has 0 spiro atoms. The number of amides is 1. The molecule has 12 heteroatoms. The predicted molar refractivity (Wildman–Crippen MR) is 155 cm³/mol. The summed E-state index contributed by atoms with van der Waals surface area (Å²) in [6.45, 7) is 7.67. The van der Waals surface area contributed by atoms with Gasteiger partial charge in [0.2, 0.25) is 5.91 Å². The van der Waals surface area contributed by atoms with E-state index in [9.17, 15) is 13.2 Å². The number of sulfone groups is 1. The van der Waals surface area contributed by atoms with E-state index in [1.54, 1.807) is 42.2 Å². The number of carbonyl (C=O) groups is 1. The molecule has 2 aromatic carbocycles. The summed E-state index contributed by atoms with van der Waals surface area (Å²) in [6, 6.07) is 8.96. The maximum atomic E-state index is 15.3. The molecule has 10 nitrogen and oxygen atoms in total. The number of hydrogen-bond donors (Lipinski definition) is 1. The van der Waals surface area contributed by atoms with Crippen molar-refractivity contribution in [3.63, 3.8) is 0 Å². The number of aryl methyl sites for hydroxylation is 1. The van der Waals surface area contributed by atoms with Crippen molar-refractivity contribution in [2.75, 3.05) is 5.32 Å². The van der Waals surface area contributed by atoms with Gasteiger partial charge in [0.25, 0.3) is 0 Å². The summed E-state index contributed by atoms with van der Waals surface area (Å²) in [6.07, 6.45) is 9.05. The van der Waals surface area contributed by atoms with Crippen LogP contribution in [0.25, 0.3) is 10.9 Å². The van der Waals surface area contributed by atoms with Gasteiger partial charge in [0, 0.05) is 36.4 Å². The molecule has 0 saturated heterocycles. The fourth-order valence-electron chi connectivity index (χ4n) is 4.35. The van der Waals surface area contributed by atoms with E-state index < -0.39 is 15.7 Å². The molecule has 0 radical (unpaired) electrons. The molecule has 42 heavy (non-hydrogen) atoms. The van der Waals surface area contributed by atoms with Crippen LogP contribution in [0, 0.1) is 12.7 Å². The zero-order valence-electron chi connectivity index (χ0n) is 23.5. The van der Waals surface area contributed by atoms with Crippen molar-refractivity contribution in [3.05, 3.63) is 96.2 Å². The number of benzene rings is 2. The van der Waals surface area contributed by atoms with Gasteiger partial charge in [0.05, 0.1) is 45.7 Å². The van der Waals surface area contributed by atoms with Gasteiger partial charge in [-0.05, 0) is 69.2 Å². The lowest BCUT2D eigenvalue weighted by Gasteiger charge is -2.18. The molecule has 1 N–H and O–H groups in total. The van der Waals surface area contributed by atoms with Gasteiger partial charge >= 0.3 is 0 Å². The summed E-state index contributed by atoms with van der Waals surface area (Å²) in [7, 11) is -3.76. The minimum Gasteiger partial charge on any atom is -0.453 e. The first-order valence-corrected chi connectivity index (χ1v) is 14.7. The van der Waals surface area contributed by atoms with E-state index in [1.807, 2.05) is 20.8 Å². The monoisotopic (exact) mass is 588 g/mol. The number of fused-ring (bicyclic) bond motifs is 1. The Labute approximate surface area is 242 Å². The van der Waals surface area contributed by atoms with E-state index in [1.165, 1.54) is 43.0 Å². The largest absolute Gasteiger partial charge is 0.453 e. The molecular weight excluding hydrogens is 559 g/mol. The van der Waals surface area contributed by atoms with Crippen LogP contribution in [0.1, 0.15) is 37.6 Å². The standard InChI is InChI=1S/C30H29FN6O4S/c1-19-11-20(13-28(38)36-21-16-35-37(17-21)30(2,3)4)12-25(31)29(19)41-27-7-8-34-26-6-5-23(14-24(26)27)42(39,40)18-22-15-32-9-10-33-22/h5-12,14-17H,13,18H2,1-4H3,(H,36,38). The average Bonchev–Trinajstić information content (AvgIpc) is 3.40. The van der Waals surface area contributed by atoms with Crippen LogP contribution >= 0.6 is 0 Å². The van der Waals surface area contributed by atoms with Crippen molar-refractivity contribution in [1.29, 1.82) is 0 Å². The van der Waals surface area contributed by atoms with Crippen LogP contribution in [-0.4, -0.2) is 39.1 Å². The Morgan fingerprint density at radius 3 is 2.55 bits per heavy atom. The zero-order chi connectivity index (χ0) is 30.1. The van der Waals surface area contributed by atoms with E-state index >= 15 is 4.39 Å². The van der Waals surface area contributed by atoms with E-state index in [-0.39, 0.29) is 40.0 Å². The summed E-state index contributed by atoms with van der Waals surface area (Å²) in [5.41, 5.74) is 2.05. The van der Waals surface area contributed by atoms with Crippen LogP contribution in [0.4, 0.5) is 10.1 Å². The lowest BCUT2D eigenvalue weighted by Crippen LogP contribution is -2.22. The first kappa shape index (κ1) is 28.8. The van der Waals surface area contributed by atoms with Crippen molar-refractivity contribution in [1.82, 2.24) is 24.7 Å². The molecule has 0 unspecified atom stereocenters. The molecule has 0 fully saturated rings. The van der Waals surface area contributed by atoms with Crippen molar-refractivity contribution in [2.24, 2.45) is 0 Å². The highest BCUT2D eigenvalue weighted by molar-refractivity contribution is 7.90. The van der Waals surface area contributed by atoms with Crippen LogP contribution in [-0.2, 0) is 32.3 Å². The van der Waals surface area contributed by atoms with Crippen LogP contribution in [0.3, 0.4) is 0 Å². The first-order chi connectivity index (χ1) is 19.9. The number of anilines is 1. The van der Waals surface area contributed by atoms with Crippen LogP contribution in [0.2, 0.25) is 0 Å². The third-order valence-corrected chi connectivity index (χ3v) is 8.05. The van der Waals surface area contributed by atoms with Gasteiger partial charge in [-0.15, -0.1) is 0 Å². The summed E-state index contributed by atoms with van der Waals surface area (Å²) >= 11 is 0. The van der Waals surface area contributed by atoms with Crippen molar-refractivity contribution >= 4 is 32.3 Å². The summed E-state index contributed by atoms with van der Waals surface area (Å²) in [4.78, 5) is 25.0. The smallest absolute Gasteiger partial charge is 0.228 e. The zero-order valence-corrected chi connectivity index (χ0v) is 24.3. The topological polar surface area (TPSA) is 129 Å². The molecule has 0 saturated carbocycles. The third-order valence-electron chi connectivity index (χ3n) is 6.41. The Hall–Kier alpha value is -4.71.